The molecule has 0 aliphatic rings. The van der Waals surface area contributed by atoms with Crippen molar-refractivity contribution in [2.45, 2.75) is 0 Å². The normalized spacial score (nSPS) is 10.2. The van der Waals surface area contributed by atoms with Crippen molar-refractivity contribution in [1.29, 1.82) is 0 Å². The first-order valence-electron chi connectivity index (χ1n) is 5.71. The Bertz CT molecular complexity index is 733. The Morgan fingerprint density at radius 1 is 1.10 bits per heavy atom. The minimum absolute atomic E-state index is 0.0445. The van der Waals surface area contributed by atoms with Crippen LogP contribution in [-0.2, 0) is 0 Å². The summed E-state index contributed by atoms with van der Waals surface area (Å²) in [7, 11) is 0. The molecule has 1 amide bonds. The van der Waals surface area contributed by atoms with Crippen LogP contribution in [0.1, 0.15) is 20.7 Å². The number of amides is 1. The number of carboxylic acids is 1. The summed E-state index contributed by atoms with van der Waals surface area (Å²) in [5, 5.41) is 20.6. The standard InChI is InChI=1S/C14H9ClFNO4/c15-11-5-7(16)1-3-9(11)13(19)17-8-2-4-12(18)10(6-8)14(20)21/h1-6,18H,(H,17,19)(H,20,21). The van der Waals surface area contributed by atoms with E-state index in [0.29, 0.717) is 0 Å². The van der Waals surface area contributed by atoms with Gasteiger partial charge in [-0.05, 0) is 36.4 Å². The third kappa shape index (κ3) is 3.29. The largest absolute Gasteiger partial charge is 0.507 e. The lowest BCUT2D eigenvalue weighted by atomic mass is 10.1. The van der Waals surface area contributed by atoms with Crippen molar-refractivity contribution in [3.63, 3.8) is 0 Å². The van der Waals surface area contributed by atoms with E-state index in [4.69, 9.17) is 16.7 Å². The van der Waals surface area contributed by atoms with Crippen LogP contribution < -0.4 is 5.32 Å². The number of hydrogen-bond acceptors (Lipinski definition) is 3. The van der Waals surface area contributed by atoms with Gasteiger partial charge < -0.3 is 15.5 Å². The predicted molar refractivity (Wildman–Crippen MR) is 74.4 cm³/mol. The van der Waals surface area contributed by atoms with Crippen molar-refractivity contribution in [2.75, 3.05) is 5.32 Å². The van der Waals surface area contributed by atoms with Crippen molar-refractivity contribution in [3.8, 4) is 5.75 Å². The molecular weight excluding hydrogens is 301 g/mol. The van der Waals surface area contributed by atoms with E-state index in [0.717, 1.165) is 24.3 Å². The van der Waals surface area contributed by atoms with Gasteiger partial charge in [-0.25, -0.2) is 9.18 Å². The molecule has 108 valence electrons. The summed E-state index contributed by atoms with van der Waals surface area (Å²) < 4.78 is 12.9. The van der Waals surface area contributed by atoms with Crippen molar-refractivity contribution >= 4 is 29.2 Å². The van der Waals surface area contributed by atoms with Crippen molar-refractivity contribution in [1.82, 2.24) is 0 Å². The van der Waals surface area contributed by atoms with E-state index in [9.17, 15) is 19.1 Å². The third-order valence-corrected chi connectivity index (χ3v) is 2.97. The highest BCUT2D eigenvalue weighted by Gasteiger charge is 2.14. The second kappa shape index (κ2) is 5.80. The average Bonchev–Trinajstić information content (AvgIpc) is 2.40. The monoisotopic (exact) mass is 309 g/mol. The molecule has 0 saturated carbocycles. The van der Waals surface area contributed by atoms with E-state index in [1.54, 1.807) is 0 Å². The van der Waals surface area contributed by atoms with Gasteiger partial charge in [0.1, 0.15) is 17.1 Å². The summed E-state index contributed by atoms with van der Waals surface area (Å²) in [6, 6.07) is 6.87. The van der Waals surface area contributed by atoms with E-state index >= 15 is 0 Å². The second-order valence-corrected chi connectivity index (χ2v) is 4.52. The Morgan fingerprint density at radius 2 is 1.81 bits per heavy atom. The summed E-state index contributed by atoms with van der Waals surface area (Å²) in [5.41, 5.74) is -0.142. The van der Waals surface area contributed by atoms with Gasteiger partial charge in [0.25, 0.3) is 5.91 Å². The summed E-state index contributed by atoms with van der Waals surface area (Å²) >= 11 is 5.76. The van der Waals surface area contributed by atoms with Crippen molar-refractivity contribution in [3.05, 3.63) is 58.4 Å². The summed E-state index contributed by atoms with van der Waals surface area (Å²) in [6.07, 6.45) is 0. The molecule has 0 saturated heterocycles. The molecule has 0 aliphatic heterocycles. The van der Waals surface area contributed by atoms with Crippen LogP contribution in [0.5, 0.6) is 5.75 Å². The average molecular weight is 310 g/mol. The molecule has 0 bridgehead atoms. The number of hydrogen-bond donors (Lipinski definition) is 3. The fourth-order valence-corrected chi connectivity index (χ4v) is 1.91. The molecule has 0 unspecified atom stereocenters. The van der Waals surface area contributed by atoms with Gasteiger partial charge in [0, 0.05) is 5.69 Å². The van der Waals surface area contributed by atoms with Crippen molar-refractivity contribution in [2.24, 2.45) is 0 Å². The van der Waals surface area contributed by atoms with Gasteiger partial charge in [-0.2, -0.15) is 0 Å². The highest BCUT2D eigenvalue weighted by molar-refractivity contribution is 6.34. The minimum atomic E-state index is -1.33. The molecular formula is C14H9ClFNO4. The second-order valence-electron chi connectivity index (χ2n) is 4.12. The number of rotatable bonds is 3. The van der Waals surface area contributed by atoms with E-state index < -0.39 is 23.4 Å². The van der Waals surface area contributed by atoms with Crippen LogP contribution in [0.25, 0.3) is 0 Å². The Hall–Kier alpha value is -2.60. The van der Waals surface area contributed by atoms with E-state index in [1.165, 1.54) is 12.1 Å². The lowest BCUT2D eigenvalue weighted by Gasteiger charge is -2.08. The summed E-state index contributed by atoms with van der Waals surface area (Å²) in [4.78, 5) is 22.9. The molecule has 0 aliphatic carbocycles. The number of carbonyl (C=O) groups is 2. The Labute approximate surface area is 123 Å². The zero-order valence-electron chi connectivity index (χ0n) is 10.4. The lowest BCUT2D eigenvalue weighted by Crippen LogP contribution is -2.13. The van der Waals surface area contributed by atoms with Crippen LogP contribution >= 0.6 is 11.6 Å². The quantitative estimate of drug-likeness (QED) is 0.760. The number of benzene rings is 2. The molecule has 2 rings (SSSR count). The first-order valence-corrected chi connectivity index (χ1v) is 6.09. The van der Waals surface area contributed by atoms with Gasteiger partial charge in [0.15, 0.2) is 0 Å². The Morgan fingerprint density at radius 3 is 2.43 bits per heavy atom. The first kappa shape index (κ1) is 14.8. The molecule has 0 aromatic heterocycles. The lowest BCUT2D eigenvalue weighted by molar-refractivity contribution is 0.0693. The van der Waals surface area contributed by atoms with E-state index in [-0.39, 0.29) is 21.8 Å². The number of aromatic carboxylic acids is 1. The molecule has 7 heteroatoms. The van der Waals surface area contributed by atoms with Gasteiger partial charge in [-0.15, -0.1) is 0 Å². The molecule has 21 heavy (non-hydrogen) atoms. The van der Waals surface area contributed by atoms with Crippen LogP contribution in [0.3, 0.4) is 0 Å². The molecule has 2 aromatic rings. The number of phenols is 1. The van der Waals surface area contributed by atoms with E-state index in [1.807, 2.05) is 0 Å². The number of halogens is 2. The topological polar surface area (TPSA) is 86.6 Å². The van der Waals surface area contributed by atoms with Gasteiger partial charge in [-0.1, -0.05) is 11.6 Å². The van der Waals surface area contributed by atoms with Gasteiger partial charge in [0.05, 0.1) is 10.6 Å². The highest BCUT2D eigenvalue weighted by atomic mass is 35.5. The SMILES string of the molecule is O=C(O)c1cc(NC(=O)c2ccc(F)cc2Cl)ccc1O. The van der Waals surface area contributed by atoms with Crippen LogP contribution in [0.2, 0.25) is 5.02 Å². The van der Waals surface area contributed by atoms with Gasteiger partial charge in [0.2, 0.25) is 0 Å². The van der Waals surface area contributed by atoms with E-state index in [2.05, 4.69) is 5.32 Å². The fourth-order valence-electron chi connectivity index (χ4n) is 1.66. The summed E-state index contributed by atoms with van der Waals surface area (Å²) in [5.74, 6) is -2.94. The maximum absolute atomic E-state index is 12.9. The summed E-state index contributed by atoms with van der Waals surface area (Å²) in [6.45, 7) is 0. The fraction of sp³-hybridized carbons (Fsp3) is 0. The maximum atomic E-state index is 12.9. The van der Waals surface area contributed by atoms with Gasteiger partial charge in [-0.3, -0.25) is 4.79 Å². The Balaban J connectivity index is 2.27. The number of carbonyl (C=O) groups excluding carboxylic acids is 1. The number of aromatic hydroxyl groups is 1. The molecule has 0 atom stereocenters. The molecule has 0 fully saturated rings. The third-order valence-electron chi connectivity index (χ3n) is 2.66. The van der Waals surface area contributed by atoms with Crippen LogP contribution in [0.15, 0.2) is 36.4 Å². The van der Waals surface area contributed by atoms with Crippen molar-refractivity contribution < 1.29 is 24.2 Å². The maximum Gasteiger partial charge on any atom is 0.339 e. The zero-order valence-corrected chi connectivity index (χ0v) is 11.2. The minimum Gasteiger partial charge on any atom is -0.507 e. The molecule has 3 N–H and O–H groups in total. The van der Waals surface area contributed by atoms with Crippen LogP contribution in [0.4, 0.5) is 10.1 Å². The zero-order chi connectivity index (χ0) is 15.6. The number of anilines is 1. The van der Waals surface area contributed by atoms with Crippen LogP contribution in [0, 0.1) is 5.82 Å². The van der Waals surface area contributed by atoms with Gasteiger partial charge >= 0.3 is 5.97 Å². The Kier molecular flexibility index (Phi) is 4.09. The predicted octanol–water partition coefficient (Wildman–Crippen LogP) is 3.14. The molecule has 0 spiro atoms. The molecule has 2 aromatic carbocycles. The molecule has 5 nitrogen and oxygen atoms in total. The molecule has 0 heterocycles. The molecule has 0 radical (unpaired) electrons. The highest BCUT2D eigenvalue weighted by Crippen LogP contribution is 2.23. The smallest absolute Gasteiger partial charge is 0.339 e. The first-order chi connectivity index (χ1) is 9.88. The number of carboxylic acid groups (broad SMARTS) is 1. The number of nitrogens with one attached hydrogen (secondary N) is 1. The van der Waals surface area contributed by atoms with Crippen LogP contribution in [-0.4, -0.2) is 22.1 Å².